The summed E-state index contributed by atoms with van der Waals surface area (Å²) in [5, 5.41) is 7.85. The molecule has 0 atom stereocenters. The fourth-order valence-corrected chi connectivity index (χ4v) is 3.43. The van der Waals surface area contributed by atoms with E-state index in [0.29, 0.717) is 0 Å². The molecule has 6 nitrogen and oxygen atoms in total. The van der Waals surface area contributed by atoms with Crippen molar-refractivity contribution < 1.29 is 0 Å². The van der Waals surface area contributed by atoms with Crippen LogP contribution in [0.5, 0.6) is 0 Å². The Morgan fingerprint density at radius 1 is 1.30 bits per heavy atom. The molecule has 7 heteroatoms. The number of likely N-dealkylation sites (N-methyl/N-ethyl adjacent to an activating group) is 1. The number of hydrogen-bond acceptors (Lipinski definition) is 5. The lowest BCUT2D eigenvalue weighted by atomic mass is 10.4. The molecule has 0 amide bonds. The Kier molecular flexibility index (Phi) is 7.78. The quantitative estimate of drug-likeness (QED) is 0.599. The first kappa shape index (κ1) is 18.2. The van der Waals surface area contributed by atoms with E-state index >= 15 is 0 Å². The minimum Gasteiger partial charge on any atom is -0.355 e. The number of rotatable bonds is 6. The molecule has 2 heterocycles. The first-order valence-electron chi connectivity index (χ1n) is 8.50. The van der Waals surface area contributed by atoms with Gasteiger partial charge in [-0.15, -0.1) is 11.3 Å². The highest BCUT2D eigenvalue weighted by Gasteiger charge is 2.11. The van der Waals surface area contributed by atoms with Gasteiger partial charge in [0.15, 0.2) is 5.96 Å². The minimum absolute atomic E-state index is 0.735. The van der Waals surface area contributed by atoms with Gasteiger partial charge in [-0.1, -0.05) is 6.92 Å². The molecule has 2 N–H and O–H groups in total. The summed E-state index contributed by atoms with van der Waals surface area (Å²) in [5.41, 5.74) is 0. The number of aliphatic imine (C=N–C) groups is 1. The molecular weight excluding hydrogens is 308 g/mol. The molecule has 130 valence electrons. The van der Waals surface area contributed by atoms with Gasteiger partial charge in [-0.05, 0) is 33.0 Å². The number of aryl methyl sites for hydroxylation is 1. The van der Waals surface area contributed by atoms with Crippen molar-refractivity contribution in [1.82, 2.24) is 25.4 Å². The third-order valence-corrected chi connectivity index (χ3v) is 5.25. The molecule has 0 bridgehead atoms. The Morgan fingerprint density at radius 3 is 2.91 bits per heavy atom. The zero-order valence-electron chi connectivity index (χ0n) is 14.6. The molecule has 1 aromatic heterocycles. The highest BCUT2D eigenvalue weighted by atomic mass is 32.1. The van der Waals surface area contributed by atoms with E-state index < -0.39 is 0 Å². The number of guanidine groups is 1. The average molecular weight is 339 g/mol. The zero-order chi connectivity index (χ0) is 16.5. The summed E-state index contributed by atoms with van der Waals surface area (Å²) in [6.45, 7) is 9.59. The lowest BCUT2D eigenvalue weighted by molar-refractivity contribution is 0.280. The van der Waals surface area contributed by atoms with Crippen LogP contribution in [-0.2, 0) is 13.0 Å². The van der Waals surface area contributed by atoms with Crippen molar-refractivity contribution in [3.63, 3.8) is 0 Å². The van der Waals surface area contributed by atoms with Crippen LogP contribution in [-0.4, -0.2) is 74.1 Å². The van der Waals surface area contributed by atoms with Gasteiger partial charge in [-0.3, -0.25) is 4.99 Å². The van der Waals surface area contributed by atoms with E-state index in [1.165, 1.54) is 24.4 Å². The average Bonchev–Trinajstić information content (AvgIpc) is 2.93. The van der Waals surface area contributed by atoms with Gasteiger partial charge in [0.1, 0.15) is 5.01 Å². The monoisotopic (exact) mass is 338 g/mol. The van der Waals surface area contributed by atoms with Gasteiger partial charge in [0.2, 0.25) is 0 Å². The first-order chi connectivity index (χ1) is 11.2. The van der Waals surface area contributed by atoms with E-state index in [1.54, 1.807) is 11.3 Å². The van der Waals surface area contributed by atoms with E-state index in [-0.39, 0.29) is 0 Å². The topological polar surface area (TPSA) is 55.8 Å². The second-order valence-electron chi connectivity index (χ2n) is 5.92. The lowest BCUT2D eigenvalue weighted by Gasteiger charge is -2.20. The Hall–Kier alpha value is -1.18. The lowest BCUT2D eigenvalue weighted by Crippen LogP contribution is -2.42. The Morgan fingerprint density at radius 2 is 2.17 bits per heavy atom. The van der Waals surface area contributed by atoms with Crippen LogP contribution in [0, 0.1) is 0 Å². The van der Waals surface area contributed by atoms with Crippen molar-refractivity contribution in [2.75, 3.05) is 53.4 Å². The molecule has 0 aliphatic carbocycles. The van der Waals surface area contributed by atoms with E-state index in [1.807, 2.05) is 13.2 Å². The molecule has 0 aromatic carbocycles. The van der Waals surface area contributed by atoms with Gasteiger partial charge in [0.05, 0.1) is 6.54 Å². The number of hydrogen-bond donors (Lipinski definition) is 2. The highest BCUT2D eigenvalue weighted by Crippen LogP contribution is 2.12. The van der Waals surface area contributed by atoms with E-state index in [4.69, 9.17) is 0 Å². The van der Waals surface area contributed by atoms with Crippen molar-refractivity contribution in [3.8, 4) is 0 Å². The normalized spacial score (nSPS) is 18.0. The number of nitrogens with zero attached hydrogens (tertiary/aromatic N) is 4. The van der Waals surface area contributed by atoms with E-state index in [0.717, 1.165) is 50.1 Å². The maximum Gasteiger partial charge on any atom is 0.191 e. The molecule has 1 aromatic rings. The Labute approximate surface area is 144 Å². The van der Waals surface area contributed by atoms with Crippen molar-refractivity contribution in [2.24, 2.45) is 4.99 Å². The molecule has 23 heavy (non-hydrogen) atoms. The van der Waals surface area contributed by atoms with Gasteiger partial charge in [-0.2, -0.15) is 0 Å². The summed E-state index contributed by atoms with van der Waals surface area (Å²) in [4.78, 5) is 15.0. The first-order valence-corrected chi connectivity index (χ1v) is 9.32. The maximum absolute atomic E-state index is 4.42. The third kappa shape index (κ3) is 6.45. The molecule has 0 unspecified atom stereocenters. The zero-order valence-corrected chi connectivity index (χ0v) is 15.5. The number of nitrogens with one attached hydrogen (secondary N) is 2. The van der Waals surface area contributed by atoms with Crippen LogP contribution in [0.25, 0.3) is 0 Å². The molecule has 0 spiro atoms. The maximum atomic E-state index is 4.42. The molecule has 1 fully saturated rings. The predicted octanol–water partition coefficient (Wildman–Crippen LogP) is 1.01. The second kappa shape index (κ2) is 9.85. The fraction of sp³-hybridized carbons (Fsp3) is 0.750. The largest absolute Gasteiger partial charge is 0.355 e. The third-order valence-electron chi connectivity index (χ3n) is 4.11. The van der Waals surface area contributed by atoms with E-state index in [9.17, 15) is 0 Å². The van der Waals surface area contributed by atoms with Crippen molar-refractivity contribution in [1.29, 1.82) is 0 Å². The molecule has 1 aliphatic heterocycles. The van der Waals surface area contributed by atoms with Gasteiger partial charge >= 0.3 is 0 Å². The summed E-state index contributed by atoms with van der Waals surface area (Å²) in [7, 11) is 4.02. The van der Waals surface area contributed by atoms with Crippen LogP contribution in [0.3, 0.4) is 0 Å². The number of thiazole rings is 1. The minimum atomic E-state index is 0.735. The van der Waals surface area contributed by atoms with Crippen LogP contribution in [0.4, 0.5) is 0 Å². The number of aromatic nitrogens is 1. The smallest absolute Gasteiger partial charge is 0.191 e. The molecule has 0 radical (unpaired) electrons. The fourth-order valence-electron chi connectivity index (χ4n) is 2.63. The second-order valence-corrected chi connectivity index (χ2v) is 7.12. The molecule has 0 saturated carbocycles. The summed E-state index contributed by atoms with van der Waals surface area (Å²) in [5.74, 6) is 0.852. The van der Waals surface area contributed by atoms with Crippen LogP contribution in [0.1, 0.15) is 23.2 Å². The molecule has 1 saturated heterocycles. The summed E-state index contributed by atoms with van der Waals surface area (Å²) < 4.78 is 0. The van der Waals surface area contributed by atoms with Crippen molar-refractivity contribution >= 4 is 17.3 Å². The molecular formula is C16H30N6S. The highest BCUT2D eigenvalue weighted by molar-refractivity contribution is 7.11. The van der Waals surface area contributed by atoms with Crippen LogP contribution < -0.4 is 10.6 Å². The summed E-state index contributed by atoms with van der Waals surface area (Å²) >= 11 is 1.77. The van der Waals surface area contributed by atoms with Gasteiger partial charge in [-0.25, -0.2) is 4.98 Å². The van der Waals surface area contributed by atoms with Crippen molar-refractivity contribution in [3.05, 3.63) is 16.1 Å². The molecule has 2 rings (SSSR count). The molecule has 1 aliphatic rings. The Bertz CT molecular complexity index is 487. The summed E-state index contributed by atoms with van der Waals surface area (Å²) in [6, 6.07) is 0. The summed E-state index contributed by atoms with van der Waals surface area (Å²) in [6.07, 6.45) is 4.27. The van der Waals surface area contributed by atoms with Gasteiger partial charge in [0.25, 0.3) is 0 Å². The van der Waals surface area contributed by atoms with Crippen molar-refractivity contribution in [2.45, 2.75) is 26.3 Å². The van der Waals surface area contributed by atoms with Crippen LogP contribution >= 0.6 is 11.3 Å². The van der Waals surface area contributed by atoms with E-state index in [2.05, 4.69) is 44.4 Å². The Balaban J connectivity index is 1.66. The van der Waals surface area contributed by atoms with Crippen LogP contribution in [0.15, 0.2) is 11.2 Å². The predicted molar refractivity (Wildman–Crippen MR) is 98.2 cm³/mol. The van der Waals surface area contributed by atoms with Gasteiger partial charge < -0.3 is 20.4 Å². The standard InChI is InChI=1S/C16H30N6S/c1-4-14-12-19-15(23-14)13-20-16(17-2)18-6-9-22-8-5-7-21(3)10-11-22/h12H,4-11,13H2,1-3H3,(H2,17,18,20). The SMILES string of the molecule is CCc1cnc(CNC(=NC)NCCN2CCCN(C)CC2)s1. The van der Waals surface area contributed by atoms with Gasteiger partial charge in [0, 0.05) is 44.3 Å². The van der Waals surface area contributed by atoms with Crippen LogP contribution in [0.2, 0.25) is 0 Å².